The summed E-state index contributed by atoms with van der Waals surface area (Å²) < 4.78 is 0. The molecule has 1 N–H and O–H groups in total. The Morgan fingerprint density at radius 2 is 1.86 bits per heavy atom. The third-order valence-corrected chi connectivity index (χ3v) is 4.94. The molecule has 0 aromatic heterocycles. The summed E-state index contributed by atoms with van der Waals surface area (Å²) in [7, 11) is 0. The third-order valence-electron chi connectivity index (χ3n) is 4.94. The summed E-state index contributed by atoms with van der Waals surface area (Å²) in [5.74, 6) is 0.727. The van der Waals surface area contributed by atoms with Gasteiger partial charge in [0.1, 0.15) is 0 Å². The zero-order valence-corrected chi connectivity index (χ0v) is 13.2. The first-order valence-electron chi connectivity index (χ1n) is 8.36. The molecular formula is C18H24N2O2. The van der Waals surface area contributed by atoms with E-state index in [0.717, 1.165) is 25.1 Å². The van der Waals surface area contributed by atoms with Crippen molar-refractivity contribution in [2.75, 3.05) is 11.4 Å². The van der Waals surface area contributed by atoms with Gasteiger partial charge in [0, 0.05) is 30.3 Å². The molecule has 1 aliphatic carbocycles. The lowest BCUT2D eigenvalue weighted by molar-refractivity contribution is -0.117. The average Bonchev–Trinajstić information content (AvgIpc) is 2.96. The van der Waals surface area contributed by atoms with E-state index in [1.807, 2.05) is 24.3 Å². The quantitative estimate of drug-likeness (QED) is 0.932. The highest BCUT2D eigenvalue weighted by atomic mass is 16.2. The van der Waals surface area contributed by atoms with Crippen molar-refractivity contribution in [2.45, 2.75) is 51.5 Å². The Balaban J connectivity index is 1.64. The Morgan fingerprint density at radius 1 is 1.14 bits per heavy atom. The molecule has 2 aliphatic rings. The predicted molar refractivity (Wildman–Crippen MR) is 86.9 cm³/mol. The van der Waals surface area contributed by atoms with Crippen LogP contribution in [0.25, 0.3) is 0 Å². The highest BCUT2D eigenvalue weighted by Crippen LogP contribution is 2.25. The maximum Gasteiger partial charge on any atom is 0.251 e. The van der Waals surface area contributed by atoms with Crippen molar-refractivity contribution >= 4 is 17.5 Å². The Morgan fingerprint density at radius 3 is 2.50 bits per heavy atom. The molecule has 1 saturated carbocycles. The molecule has 0 radical (unpaired) electrons. The summed E-state index contributed by atoms with van der Waals surface area (Å²) in [5, 5.41) is 3.16. The lowest BCUT2D eigenvalue weighted by Gasteiger charge is -2.29. The summed E-state index contributed by atoms with van der Waals surface area (Å²) in [6.07, 6.45) is 6.29. The average molecular weight is 300 g/mol. The number of carbonyl (C=O) groups excluding carboxylic acids is 2. The van der Waals surface area contributed by atoms with Gasteiger partial charge in [-0.25, -0.2) is 0 Å². The van der Waals surface area contributed by atoms with E-state index in [9.17, 15) is 9.59 Å². The maximum atomic E-state index is 12.4. The summed E-state index contributed by atoms with van der Waals surface area (Å²) in [6.45, 7) is 3.00. The Labute approximate surface area is 131 Å². The molecule has 2 fully saturated rings. The van der Waals surface area contributed by atoms with Crippen LogP contribution in [0.5, 0.6) is 0 Å². The highest BCUT2D eigenvalue weighted by molar-refractivity contribution is 5.97. The monoisotopic (exact) mass is 300 g/mol. The zero-order chi connectivity index (χ0) is 15.5. The van der Waals surface area contributed by atoms with Crippen molar-refractivity contribution < 1.29 is 9.59 Å². The van der Waals surface area contributed by atoms with E-state index in [0.29, 0.717) is 23.9 Å². The number of nitrogens with one attached hydrogen (secondary N) is 1. The van der Waals surface area contributed by atoms with Gasteiger partial charge in [0.05, 0.1) is 0 Å². The number of carbonyl (C=O) groups is 2. The first-order valence-corrected chi connectivity index (χ1v) is 8.36. The summed E-state index contributed by atoms with van der Waals surface area (Å²) in [6, 6.07) is 7.69. The van der Waals surface area contributed by atoms with Gasteiger partial charge in [0.15, 0.2) is 0 Å². The van der Waals surface area contributed by atoms with Gasteiger partial charge >= 0.3 is 0 Å². The van der Waals surface area contributed by atoms with Crippen LogP contribution in [0.15, 0.2) is 24.3 Å². The van der Waals surface area contributed by atoms with Gasteiger partial charge in [0.25, 0.3) is 5.91 Å². The van der Waals surface area contributed by atoms with Gasteiger partial charge in [-0.2, -0.15) is 0 Å². The lowest BCUT2D eigenvalue weighted by Crippen LogP contribution is -2.41. The summed E-state index contributed by atoms with van der Waals surface area (Å²) >= 11 is 0. The molecule has 1 aromatic rings. The molecular weight excluding hydrogens is 276 g/mol. The van der Waals surface area contributed by atoms with Crippen molar-refractivity contribution in [3.63, 3.8) is 0 Å². The minimum absolute atomic E-state index is 0.00181. The highest BCUT2D eigenvalue weighted by Gasteiger charge is 2.24. The number of anilines is 1. The number of amides is 2. The normalized spacial score (nSPS) is 25.3. The molecule has 4 heteroatoms. The van der Waals surface area contributed by atoms with Crippen molar-refractivity contribution in [3.8, 4) is 0 Å². The van der Waals surface area contributed by atoms with E-state index < -0.39 is 0 Å². The molecule has 118 valence electrons. The van der Waals surface area contributed by atoms with Gasteiger partial charge < -0.3 is 10.2 Å². The fourth-order valence-corrected chi connectivity index (χ4v) is 3.50. The molecule has 4 nitrogen and oxygen atoms in total. The molecule has 2 atom stereocenters. The van der Waals surface area contributed by atoms with E-state index in [4.69, 9.17) is 0 Å². The van der Waals surface area contributed by atoms with Crippen molar-refractivity contribution in [3.05, 3.63) is 29.8 Å². The van der Waals surface area contributed by atoms with Gasteiger partial charge in [-0.1, -0.05) is 19.8 Å². The number of nitrogens with zero attached hydrogens (tertiary/aromatic N) is 1. The van der Waals surface area contributed by atoms with Crippen LogP contribution in [-0.4, -0.2) is 24.4 Å². The lowest BCUT2D eigenvalue weighted by atomic mass is 9.86. The smallest absolute Gasteiger partial charge is 0.251 e. The molecule has 3 rings (SSSR count). The molecule has 0 bridgehead atoms. The molecule has 1 saturated heterocycles. The van der Waals surface area contributed by atoms with E-state index >= 15 is 0 Å². The molecule has 1 aliphatic heterocycles. The fraction of sp³-hybridized carbons (Fsp3) is 0.556. The standard InChI is InChI=1S/C18H24N2O2/c1-13-5-2-3-6-16(13)19-18(22)14-8-10-15(11-9-14)20-12-4-7-17(20)21/h8-11,13,16H,2-7,12H2,1H3,(H,19,22)/t13-,16+/m1/s1. The summed E-state index contributed by atoms with van der Waals surface area (Å²) in [5.41, 5.74) is 1.57. The molecule has 1 aromatic carbocycles. The number of benzene rings is 1. The zero-order valence-electron chi connectivity index (χ0n) is 13.2. The van der Waals surface area contributed by atoms with E-state index in [-0.39, 0.29) is 11.8 Å². The Kier molecular flexibility index (Phi) is 4.46. The topological polar surface area (TPSA) is 49.4 Å². The van der Waals surface area contributed by atoms with Crippen LogP contribution in [0, 0.1) is 5.92 Å². The van der Waals surface area contributed by atoms with E-state index in [1.54, 1.807) is 4.90 Å². The van der Waals surface area contributed by atoms with Crippen LogP contribution in [0.3, 0.4) is 0 Å². The van der Waals surface area contributed by atoms with Crippen LogP contribution in [-0.2, 0) is 4.79 Å². The van der Waals surface area contributed by atoms with Gasteiger partial charge in [0.2, 0.25) is 5.91 Å². The first kappa shape index (κ1) is 15.1. The minimum atomic E-state index is -0.00181. The second-order valence-corrected chi connectivity index (χ2v) is 6.54. The number of rotatable bonds is 3. The predicted octanol–water partition coefficient (Wildman–Crippen LogP) is 3.12. The maximum absolute atomic E-state index is 12.4. The summed E-state index contributed by atoms with van der Waals surface area (Å²) in [4.78, 5) is 25.9. The van der Waals surface area contributed by atoms with Crippen molar-refractivity contribution in [1.82, 2.24) is 5.32 Å². The van der Waals surface area contributed by atoms with Gasteiger partial charge in [-0.05, 0) is 49.4 Å². The molecule has 2 amide bonds. The van der Waals surface area contributed by atoms with Gasteiger partial charge in [-0.3, -0.25) is 9.59 Å². The van der Waals surface area contributed by atoms with Crippen molar-refractivity contribution in [1.29, 1.82) is 0 Å². The molecule has 1 heterocycles. The van der Waals surface area contributed by atoms with Crippen LogP contribution < -0.4 is 10.2 Å². The largest absolute Gasteiger partial charge is 0.349 e. The van der Waals surface area contributed by atoms with E-state index in [1.165, 1.54) is 19.3 Å². The van der Waals surface area contributed by atoms with E-state index in [2.05, 4.69) is 12.2 Å². The van der Waals surface area contributed by atoms with Crippen LogP contribution in [0.2, 0.25) is 0 Å². The molecule has 22 heavy (non-hydrogen) atoms. The Bertz CT molecular complexity index is 553. The molecule has 0 spiro atoms. The van der Waals surface area contributed by atoms with Gasteiger partial charge in [-0.15, -0.1) is 0 Å². The van der Waals surface area contributed by atoms with Crippen LogP contribution in [0.1, 0.15) is 55.8 Å². The minimum Gasteiger partial charge on any atom is -0.349 e. The second-order valence-electron chi connectivity index (χ2n) is 6.54. The molecule has 0 unspecified atom stereocenters. The number of hydrogen-bond acceptors (Lipinski definition) is 2. The second kappa shape index (κ2) is 6.51. The van der Waals surface area contributed by atoms with Crippen molar-refractivity contribution in [2.24, 2.45) is 5.92 Å². The first-order chi connectivity index (χ1) is 10.6. The van der Waals surface area contributed by atoms with Crippen LogP contribution >= 0.6 is 0 Å². The van der Waals surface area contributed by atoms with Crippen LogP contribution in [0.4, 0.5) is 5.69 Å². The fourth-order valence-electron chi connectivity index (χ4n) is 3.50. The third kappa shape index (κ3) is 3.16. The Hall–Kier alpha value is -1.84. The SMILES string of the molecule is C[C@@H]1CCCC[C@@H]1NC(=O)c1ccc(N2CCCC2=O)cc1. The number of hydrogen-bond donors (Lipinski definition) is 1.